The number of rotatable bonds is 6. The monoisotopic (exact) mass is 384 g/mol. The van der Waals surface area contributed by atoms with E-state index in [1.165, 1.54) is 0 Å². The zero-order chi connectivity index (χ0) is 20.1. The van der Waals surface area contributed by atoms with Crippen LogP contribution in [0.1, 0.15) is 29.0 Å². The van der Waals surface area contributed by atoms with E-state index in [-0.39, 0.29) is 17.9 Å². The average Bonchev–Trinajstić information content (AvgIpc) is 3.24. The highest BCUT2D eigenvalue weighted by Gasteiger charge is 2.29. The third kappa shape index (κ3) is 4.37. The zero-order valence-electron chi connectivity index (χ0n) is 16.4. The van der Waals surface area contributed by atoms with Crippen LogP contribution in [0.4, 0.5) is 0 Å². The molecule has 0 bridgehead atoms. The highest BCUT2D eigenvalue weighted by Crippen LogP contribution is 2.27. The van der Waals surface area contributed by atoms with Crippen molar-refractivity contribution in [1.29, 1.82) is 0 Å². The fraction of sp³-hybridized carbons (Fsp3) is 0.200. The molecule has 1 heterocycles. The van der Waals surface area contributed by atoms with Crippen LogP contribution in [0.25, 0.3) is 0 Å². The first kappa shape index (κ1) is 18.9. The van der Waals surface area contributed by atoms with Gasteiger partial charge in [-0.05, 0) is 16.7 Å². The van der Waals surface area contributed by atoms with Gasteiger partial charge in [-0.2, -0.15) is 0 Å². The van der Waals surface area contributed by atoms with E-state index in [2.05, 4.69) is 5.16 Å². The third-order valence-electron chi connectivity index (χ3n) is 5.21. The van der Waals surface area contributed by atoms with Gasteiger partial charge in [0.2, 0.25) is 5.91 Å². The van der Waals surface area contributed by atoms with Crippen LogP contribution in [0.5, 0.6) is 0 Å². The van der Waals surface area contributed by atoms with Crippen LogP contribution < -0.4 is 0 Å². The van der Waals surface area contributed by atoms with Gasteiger partial charge in [-0.1, -0.05) is 96.2 Å². The quantitative estimate of drug-likeness (QED) is 0.629. The predicted octanol–water partition coefficient (Wildman–Crippen LogP) is 4.47. The summed E-state index contributed by atoms with van der Waals surface area (Å²) < 4.78 is 0. The van der Waals surface area contributed by atoms with Gasteiger partial charge in [-0.25, -0.2) is 0 Å². The number of carbonyl (C=O) groups excluding carboxylic acids is 1. The number of carbonyl (C=O) groups is 1. The van der Waals surface area contributed by atoms with Crippen molar-refractivity contribution in [3.05, 3.63) is 108 Å². The molecule has 1 aliphatic rings. The van der Waals surface area contributed by atoms with Crippen molar-refractivity contribution in [3.63, 3.8) is 0 Å². The Morgan fingerprint density at radius 3 is 2.00 bits per heavy atom. The molecule has 0 unspecified atom stereocenters. The summed E-state index contributed by atoms with van der Waals surface area (Å²) in [6, 6.07) is 29.9. The van der Waals surface area contributed by atoms with Gasteiger partial charge in [0.1, 0.15) is 0 Å². The number of likely N-dealkylation sites (N-methyl/N-ethyl adjacent to an activating group) is 1. The molecule has 0 spiro atoms. The van der Waals surface area contributed by atoms with E-state index >= 15 is 0 Å². The summed E-state index contributed by atoms with van der Waals surface area (Å²) in [4.78, 5) is 20.8. The molecule has 0 saturated heterocycles. The molecule has 0 N–H and O–H groups in total. The van der Waals surface area contributed by atoms with E-state index in [4.69, 9.17) is 4.84 Å². The first-order valence-electron chi connectivity index (χ1n) is 9.85. The Morgan fingerprint density at radius 2 is 1.45 bits per heavy atom. The minimum absolute atomic E-state index is 0.0548. The second-order valence-electron chi connectivity index (χ2n) is 7.31. The normalized spacial score (nSPS) is 15.7. The van der Waals surface area contributed by atoms with Gasteiger partial charge >= 0.3 is 0 Å². The predicted molar refractivity (Wildman–Crippen MR) is 115 cm³/mol. The maximum absolute atomic E-state index is 13.4. The molecule has 3 aromatic carbocycles. The Bertz CT molecular complexity index is 932. The van der Waals surface area contributed by atoms with Gasteiger partial charge in [-0.15, -0.1) is 0 Å². The second kappa shape index (κ2) is 8.74. The Kier molecular flexibility index (Phi) is 5.71. The van der Waals surface area contributed by atoms with Crippen LogP contribution in [0, 0.1) is 0 Å². The Labute approximate surface area is 171 Å². The molecule has 4 nitrogen and oxygen atoms in total. The number of oxime groups is 1. The van der Waals surface area contributed by atoms with Gasteiger partial charge in [-0.3, -0.25) is 4.79 Å². The van der Waals surface area contributed by atoms with Crippen molar-refractivity contribution >= 4 is 11.6 Å². The molecule has 1 aliphatic heterocycles. The van der Waals surface area contributed by atoms with Gasteiger partial charge in [0, 0.05) is 13.5 Å². The molecule has 0 fully saturated rings. The molecule has 4 rings (SSSR count). The summed E-state index contributed by atoms with van der Waals surface area (Å²) in [6.45, 7) is 0.495. The van der Waals surface area contributed by atoms with E-state index in [9.17, 15) is 4.79 Å². The Balaban J connectivity index is 1.47. The lowest BCUT2D eigenvalue weighted by molar-refractivity contribution is -0.132. The van der Waals surface area contributed by atoms with Crippen LogP contribution in [-0.4, -0.2) is 36.2 Å². The van der Waals surface area contributed by atoms with E-state index in [1.807, 2.05) is 98.0 Å². The van der Waals surface area contributed by atoms with Crippen molar-refractivity contribution in [1.82, 2.24) is 4.90 Å². The van der Waals surface area contributed by atoms with Crippen LogP contribution in [0.2, 0.25) is 0 Å². The standard InChI is InChI=1S/C25H24N2O2/c1-27(18-22-17-23(26-29-22)19-11-5-2-6-12-19)25(28)24(20-13-7-3-8-14-20)21-15-9-4-10-16-21/h2-16,22,24H,17-18H2,1H3/t22-/m1/s1. The Morgan fingerprint density at radius 1 is 0.931 bits per heavy atom. The SMILES string of the molecule is CN(C[C@H]1CC(c2ccccc2)=NO1)C(=O)C(c1ccccc1)c1ccccc1. The summed E-state index contributed by atoms with van der Waals surface area (Å²) >= 11 is 0. The third-order valence-corrected chi connectivity index (χ3v) is 5.21. The molecule has 1 amide bonds. The van der Waals surface area contributed by atoms with Gasteiger partial charge < -0.3 is 9.74 Å². The van der Waals surface area contributed by atoms with Crippen molar-refractivity contribution in [2.45, 2.75) is 18.4 Å². The molecule has 146 valence electrons. The summed E-state index contributed by atoms with van der Waals surface area (Å²) in [5, 5.41) is 4.24. The first-order chi connectivity index (χ1) is 14.2. The highest BCUT2D eigenvalue weighted by atomic mass is 16.6. The van der Waals surface area contributed by atoms with E-state index in [0.29, 0.717) is 13.0 Å². The fourth-order valence-electron chi connectivity index (χ4n) is 3.71. The number of hydrogen-bond donors (Lipinski definition) is 0. The molecule has 1 atom stereocenters. The van der Waals surface area contributed by atoms with Gasteiger partial charge in [0.15, 0.2) is 6.10 Å². The van der Waals surface area contributed by atoms with Crippen LogP contribution >= 0.6 is 0 Å². The zero-order valence-corrected chi connectivity index (χ0v) is 16.4. The maximum Gasteiger partial charge on any atom is 0.234 e. The summed E-state index contributed by atoms with van der Waals surface area (Å²) in [5.41, 5.74) is 3.97. The van der Waals surface area contributed by atoms with Crippen LogP contribution in [0.3, 0.4) is 0 Å². The number of hydrogen-bond acceptors (Lipinski definition) is 3. The topological polar surface area (TPSA) is 41.9 Å². The lowest BCUT2D eigenvalue weighted by atomic mass is 9.90. The lowest BCUT2D eigenvalue weighted by Crippen LogP contribution is -2.38. The molecule has 0 saturated carbocycles. The van der Waals surface area contributed by atoms with Crippen LogP contribution in [-0.2, 0) is 9.63 Å². The molecular weight excluding hydrogens is 360 g/mol. The minimum atomic E-state index is -0.335. The highest BCUT2D eigenvalue weighted by molar-refractivity contribution is 6.01. The lowest BCUT2D eigenvalue weighted by Gasteiger charge is -2.26. The first-order valence-corrected chi connectivity index (χ1v) is 9.85. The molecule has 3 aromatic rings. The number of nitrogens with zero attached hydrogens (tertiary/aromatic N) is 2. The van der Waals surface area contributed by atoms with Gasteiger partial charge in [0.05, 0.1) is 18.2 Å². The van der Waals surface area contributed by atoms with E-state index in [0.717, 1.165) is 22.4 Å². The van der Waals surface area contributed by atoms with Crippen molar-refractivity contribution in [3.8, 4) is 0 Å². The minimum Gasteiger partial charge on any atom is -0.390 e. The summed E-state index contributed by atoms with van der Waals surface area (Å²) in [6.07, 6.45) is 0.564. The number of amides is 1. The largest absolute Gasteiger partial charge is 0.390 e. The smallest absolute Gasteiger partial charge is 0.234 e. The summed E-state index contributed by atoms with van der Waals surface area (Å²) in [7, 11) is 1.84. The van der Waals surface area contributed by atoms with E-state index < -0.39 is 0 Å². The van der Waals surface area contributed by atoms with Crippen molar-refractivity contribution < 1.29 is 9.63 Å². The Hall–Kier alpha value is -3.40. The fourth-order valence-corrected chi connectivity index (χ4v) is 3.71. The molecule has 0 radical (unpaired) electrons. The second-order valence-corrected chi connectivity index (χ2v) is 7.31. The van der Waals surface area contributed by atoms with E-state index in [1.54, 1.807) is 4.90 Å². The molecule has 29 heavy (non-hydrogen) atoms. The number of benzene rings is 3. The maximum atomic E-state index is 13.4. The summed E-state index contributed by atoms with van der Waals surface area (Å²) in [5.74, 6) is -0.280. The van der Waals surface area contributed by atoms with Gasteiger partial charge in [0.25, 0.3) is 0 Å². The molecule has 4 heteroatoms. The molecule has 0 aliphatic carbocycles. The average molecular weight is 384 g/mol. The van der Waals surface area contributed by atoms with Crippen molar-refractivity contribution in [2.75, 3.05) is 13.6 Å². The molecular formula is C25H24N2O2. The van der Waals surface area contributed by atoms with Crippen molar-refractivity contribution in [2.24, 2.45) is 5.16 Å². The molecule has 0 aromatic heterocycles. The van der Waals surface area contributed by atoms with Crippen LogP contribution in [0.15, 0.2) is 96.2 Å².